The summed E-state index contributed by atoms with van der Waals surface area (Å²) in [5.41, 5.74) is 1.71. The molecule has 2 aromatic heterocycles. The summed E-state index contributed by atoms with van der Waals surface area (Å²) in [5, 5.41) is 16.4. The molecule has 1 aromatic carbocycles. The molecule has 0 aliphatic carbocycles. The second kappa shape index (κ2) is 10.8. The van der Waals surface area contributed by atoms with E-state index in [2.05, 4.69) is 49.3 Å². The molecule has 2 heterocycles. The van der Waals surface area contributed by atoms with Crippen molar-refractivity contribution in [2.45, 2.75) is 51.5 Å². The highest BCUT2D eigenvalue weighted by Gasteiger charge is 2.37. The molecule has 0 aliphatic heterocycles. The quantitative estimate of drug-likeness (QED) is 0.326. The Labute approximate surface area is 210 Å². The predicted octanol–water partition coefficient (Wildman–Crippen LogP) is 6.19. The fraction of sp³-hybridized carbons (Fsp3) is 0.375. The zero-order chi connectivity index (χ0) is 25.8. The van der Waals surface area contributed by atoms with Crippen molar-refractivity contribution in [3.8, 4) is 22.8 Å². The van der Waals surface area contributed by atoms with Gasteiger partial charge in [0.2, 0.25) is 0 Å². The van der Waals surface area contributed by atoms with E-state index in [0.717, 1.165) is 17.2 Å². The zero-order valence-electron chi connectivity index (χ0n) is 20.4. The third-order valence-electron chi connectivity index (χ3n) is 6.00. The lowest BCUT2D eigenvalue weighted by atomic mass is 10.1. The van der Waals surface area contributed by atoms with Gasteiger partial charge in [-0.1, -0.05) is 44.5 Å². The first kappa shape index (κ1) is 26.6. The predicted molar refractivity (Wildman–Crippen MR) is 135 cm³/mol. The lowest BCUT2D eigenvalue weighted by molar-refractivity contribution is 0.173. The van der Waals surface area contributed by atoms with Crippen LogP contribution in [-0.2, 0) is 11.0 Å². The van der Waals surface area contributed by atoms with Crippen LogP contribution in [0, 0.1) is 5.82 Å². The minimum absolute atomic E-state index is 0.0188. The van der Waals surface area contributed by atoms with E-state index >= 15 is 0 Å². The maximum absolute atomic E-state index is 13.9. The van der Waals surface area contributed by atoms with Crippen LogP contribution in [0.2, 0.25) is 23.2 Å². The Kier molecular flexibility index (Phi) is 8.19. The summed E-state index contributed by atoms with van der Waals surface area (Å²) in [6.45, 7) is 11.2. The van der Waals surface area contributed by atoms with Gasteiger partial charge in [0.1, 0.15) is 5.75 Å². The van der Waals surface area contributed by atoms with Crippen LogP contribution in [0.4, 0.5) is 9.18 Å². The molecule has 0 radical (unpaired) electrons. The highest BCUT2D eigenvalue weighted by atomic mass is 35.5. The van der Waals surface area contributed by atoms with Crippen LogP contribution in [0.5, 0.6) is 11.6 Å². The van der Waals surface area contributed by atoms with Crippen LogP contribution in [0.1, 0.15) is 20.8 Å². The molecule has 8 nitrogen and oxygen atoms in total. The molecule has 188 valence electrons. The van der Waals surface area contributed by atoms with Crippen LogP contribution in [0.3, 0.4) is 0 Å². The normalized spacial score (nSPS) is 12.9. The third-order valence-corrected chi connectivity index (χ3v) is 10.7. The minimum Gasteiger partial charge on any atom is -0.465 e. The number of carbonyl (C=O) groups is 1. The largest absolute Gasteiger partial charge is 0.465 e. The maximum Gasteiger partial charge on any atom is 0.405 e. The van der Waals surface area contributed by atoms with Gasteiger partial charge in [-0.15, -0.1) is 0 Å². The zero-order valence-corrected chi connectivity index (χ0v) is 22.1. The lowest BCUT2D eigenvalue weighted by Crippen LogP contribution is -2.47. The van der Waals surface area contributed by atoms with E-state index in [-0.39, 0.29) is 22.5 Å². The van der Waals surface area contributed by atoms with Gasteiger partial charge in [-0.3, -0.25) is 4.68 Å². The number of rotatable bonds is 9. The molecule has 0 aliphatic rings. The van der Waals surface area contributed by atoms with Crippen molar-refractivity contribution in [2.75, 3.05) is 6.61 Å². The SMILES string of the molecule is CC(C)(C)[Si](C)(C)OC[C@H](Cn1cc(-c2ccc(Oc3ncc(Cl)cc3F)cc2)cn1)NC(=O)O. The number of nitrogens with one attached hydrogen (secondary N) is 1. The Morgan fingerprint density at radius 3 is 2.51 bits per heavy atom. The number of carboxylic acid groups (broad SMARTS) is 1. The molecular weight excluding hydrogens is 491 g/mol. The first-order chi connectivity index (χ1) is 16.3. The van der Waals surface area contributed by atoms with Gasteiger partial charge in [-0.05, 0) is 41.9 Å². The second-order valence-corrected chi connectivity index (χ2v) is 15.0. The van der Waals surface area contributed by atoms with Crippen molar-refractivity contribution in [3.63, 3.8) is 0 Å². The molecule has 3 rings (SSSR count). The summed E-state index contributed by atoms with van der Waals surface area (Å²) in [6, 6.07) is 7.72. The van der Waals surface area contributed by atoms with Gasteiger partial charge in [0.25, 0.3) is 5.88 Å². The highest BCUT2D eigenvalue weighted by molar-refractivity contribution is 6.74. The number of pyridine rings is 1. The number of aromatic nitrogens is 3. The van der Waals surface area contributed by atoms with E-state index in [4.69, 9.17) is 20.8 Å². The Bertz CT molecular complexity index is 1170. The highest BCUT2D eigenvalue weighted by Crippen LogP contribution is 2.36. The molecule has 11 heteroatoms. The second-order valence-electron chi connectivity index (χ2n) is 9.74. The average molecular weight is 521 g/mol. The van der Waals surface area contributed by atoms with E-state index in [9.17, 15) is 14.3 Å². The van der Waals surface area contributed by atoms with Gasteiger partial charge in [-0.25, -0.2) is 14.2 Å². The molecule has 0 bridgehead atoms. The summed E-state index contributed by atoms with van der Waals surface area (Å²) in [6.07, 6.45) is 3.73. The Morgan fingerprint density at radius 2 is 1.91 bits per heavy atom. The summed E-state index contributed by atoms with van der Waals surface area (Å²) in [7, 11) is -2.03. The average Bonchev–Trinajstić information content (AvgIpc) is 3.22. The van der Waals surface area contributed by atoms with Crippen molar-refractivity contribution in [1.29, 1.82) is 0 Å². The van der Waals surface area contributed by atoms with Gasteiger partial charge in [0, 0.05) is 18.0 Å². The maximum atomic E-state index is 13.9. The number of hydrogen-bond donors (Lipinski definition) is 2. The van der Waals surface area contributed by atoms with Crippen LogP contribution in [0.25, 0.3) is 11.1 Å². The smallest absolute Gasteiger partial charge is 0.405 e. The molecule has 2 N–H and O–H groups in total. The fourth-order valence-corrected chi connectivity index (χ4v) is 4.18. The summed E-state index contributed by atoms with van der Waals surface area (Å²) in [4.78, 5) is 15.2. The Hall–Kier alpha value is -2.95. The van der Waals surface area contributed by atoms with Crippen molar-refractivity contribution >= 4 is 26.0 Å². The van der Waals surface area contributed by atoms with Crippen LogP contribution >= 0.6 is 11.6 Å². The van der Waals surface area contributed by atoms with Gasteiger partial charge in [0.05, 0.1) is 30.4 Å². The molecule has 1 atom stereocenters. The number of hydrogen-bond acceptors (Lipinski definition) is 5. The summed E-state index contributed by atoms with van der Waals surface area (Å²) in [5.74, 6) is -0.389. The minimum atomic E-state index is -2.03. The first-order valence-corrected chi connectivity index (χ1v) is 14.4. The lowest BCUT2D eigenvalue weighted by Gasteiger charge is -2.37. The number of amides is 1. The first-order valence-electron chi connectivity index (χ1n) is 11.1. The number of halogens is 2. The van der Waals surface area contributed by atoms with Crippen molar-refractivity contribution in [3.05, 3.63) is 59.8 Å². The molecule has 3 aromatic rings. The van der Waals surface area contributed by atoms with Gasteiger partial charge >= 0.3 is 6.09 Å². The van der Waals surface area contributed by atoms with Crippen molar-refractivity contribution < 1.29 is 23.5 Å². The Morgan fingerprint density at radius 1 is 1.23 bits per heavy atom. The molecule has 0 saturated carbocycles. The van der Waals surface area contributed by atoms with Gasteiger partial charge in [-0.2, -0.15) is 5.10 Å². The van der Waals surface area contributed by atoms with Crippen molar-refractivity contribution in [1.82, 2.24) is 20.1 Å². The van der Waals surface area contributed by atoms with E-state index in [1.807, 2.05) is 18.3 Å². The summed E-state index contributed by atoms with van der Waals surface area (Å²) >= 11 is 5.72. The van der Waals surface area contributed by atoms with Crippen LogP contribution in [-0.4, -0.2) is 46.9 Å². The van der Waals surface area contributed by atoms with E-state index in [1.54, 1.807) is 23.0 Å². The molecular formula is C24H30ClFN4O4Si. The molecule has 0 saturated heterocycles. The fourth-order valence-electron chi connectivity index (χ4n) is 2.98. The monoisotopic (exact) mass is 520 g/mol. The number of nitrogens with zero attached hydrogens (tertiary/aromatic N) is 3. The molecule has 35 heavy (non-hydrogen) atoms. The standard InChI is InChI=1S/C24H30ClFN4O4Si/c1-24(2,3)35(4,5)33-15-19(29-23(31)32)14-30-13-17(11-28-30)16-6-8-20(9-7-16)34-22-21(26)10-18(25)12-27-22/h6-13,19,29H,14-15H2,1-5H3,(H,31,32)/t19-/m0/s1. The van der Waals surface area contributed by atoms with Crippen LogP contribution in [0.15, 0.2) is 48.9 Å². The molecule has 0 unspecified atom stereocenters. The van der Waals surface area contributed by atoms with E-state index in [0.29, 0.717) is 12.3 Å². The number of benzene rings is 1. The third kappa shape index (κ3) is 7.27. The molecule has 0 fully saturated rings. The van der Waals surface area contributed by atoms with Crippen LogP contribution < -0.4 is 10.1 Å². The topological polar surface area (TPSA) is 98.5 Å². The van der Waals surface area contributed by atoms with Gasteiger partial charge in [0.15, 0.2) is 14.1 Å². The van der Waals surface area contributed by atoms with E-state index < -0.39 is 26.3 Å². The molecule has 0 spiro atoms. The molecule has 1 amide bonds. The Balaban J connectivity index is 1.67. The number of ether oxygens (including phenoxy) is 1. The van der Waals surface area contributed by atoms with E-state index in [1.165, 1.54) is 6.20 Å². The van der Waals surface area contributed by atoms with Gasteiger partial charge < -0.3 is 19.6 Å². The van der Waals surface area contributed by atoms with Crippen molar-refractivity contribution in [2.24, 2.45) is 0 Å². The summed E-state index contributed by atoms with van der Waals surface area (Å²) < 4.78 is 27.3.